The van der Waals surface area contributed by atoms with Crippen LogP contribution in [0.2, 0.25) is 0 Å². The number of aryl methyl sites for hydroxylation is 1. The number of furan rings is 1. The van der Waals surface area contributed by atoms with Crippen molar-refractivity contribution in [3.63, 3.8) is 0 Å². The van der Waals surface area contributed by atoms with E-state index in [1.165, 1.54) is 5.56 Å². The third-order valence-electron chi connectivity index (χ3n) is 5.26. The molecule has 3 rings (SSSR count). The summed E-state index contributed by atoms with van der Waals surface area (Å²) in [5.41, 5.74) is 1.72. The zero-order valence-corrected chi connectivity index (χ0v) is 19.1. The van der Waals surface area contributed by atoms with Gasteiger partial charge in [-0.2, -0.15) is 0 Å². The number of nitrogens with zero attached hydrogens (tertiary/aromatic N) is 3. The summed E-state index contributed by atoms with van der Waals surface area (Å²) in [5.74, 6) is 0.592. The Morgan fingerprint density at radius 3 is 2.42 bits per heavy atom. The van der Waals surface area contributed by atoms with Gasteiger partial charge in [0.2, 0.25) is 5.91 Å². The Morgan fingerprint density at radius 2 is 1.84 bits per heavy atom. The lowest BCUT2D eigenvalue weighted by molar-refractivity contribution is -0.138. The van der Waals surface area contributed by atoms with Crippen molar-refractivity contribution in [3.8, 4) is 0 Å². The molecule has 7 heteroatoms. The Labute approximate surface area is 184 Å². The van der Waals surface area contributed by atoms with Crippen molar-refractivity contribution in [1.82, 2.24) is 14.7 Å². The Kier molecular flexibility index (Phi) is 7.05. The minimum atomic E-state index is -0.528. The van der Waals surface area contributed by atoms with E-state index in [-0.39, 0.29) is 12.0 Å². The van der Waals surface area contributed by atoms with Gasteiger partial charge in [-0.25, -0.2) is 4.79 Å². The average Bonchev–Trinajstić information content (AvgIpc) is 3.21. The smallest absolute Gasteiger partial charge is 0.410 e. The van der Waals surface area contributed by atoms with E-state index in [0.29, 0.717) is 38.5 Å². The molecule has 2 amide bonds. The minimum Gasteiger partial charge on any atom is -0.467 e. The van der Waals surface area contributed by atoms with Crippen molar-refractivity contribution in [2.75, 3.05) is 33.2 Å². The Hall–Kier alpha value is -2.80. The maximum Gasteiger partial charge on any atom is 0.410 e. The SMILES string of the molecule is Cc1cccc(CN(C)C(=O)C(c2ccco2)N2CCN(C(=O)OC(C)(C)C)CC2)c1. The lowest BCUT2D eigenvalue weighted by Gasteiger charge is -2.39. The van der Waals surface area contributed by atoms with E-state index >= 15 is 0 Å². The molecule has 1 aliphatic rings. The van der Waals surface area contributed by atoms with Crippen LogP contribution < -0.4 is 0 Å². The second kappa shape index (κ2) is 9.56. The van der Waals surface area contributed by atoms with Crippen molar-refractivity contribution in [3.05, 3.63) is 59.5 Å². The van der Waals surface area contributed by atoms with Gasteiger partial charge >= 0.3 is 6.09 Å². The van der Waals surface area contributed by atoms with Gasteiger partial charge in [0.25, 0.3) is 0 Å². The van der Waals surface area contributed by atoms with Crippen molar-refractivity contribution in [1.29, 1.82) is 0 Å². The molecule has 1 aromatic heterocycles. The van der Waals surface area contributed by atoms with E-state index in [1.807, 2.05) is 59.0 Å². The first-order valence-electron chi connectivity index (χ1n) is 10.7. The number of carbonyl (C=O) groups excluding carboxylic acids is 2. The normalized spacial score (nSPS) is 16.1. The summed E-state index contributed by atoms with van der Waals surface area (Å²) in [7, 11) is 1.82. The molecule has 0 aliphatic carbocycles. The lowest BCUT2D eigenvalue weighted by Crippen LogP contribution is -2.53. The van der Waals surface area contributed by atoms with Crippen LogP contribution in [0.5, 0.6) is 0 Å². The predicted octanol–water partition coefficient (Wildman–Crippen LogP) is 3.84. The van der Waals surface area contributed by atoms with Gasteiger partial charge in [0.05, 0.1) is 6.26 Å². The van der Waals surface area contributed by atoms with E-state index in [9.17, 15) is 9.59 Å². The molecule has 0 N–H and O–H groups in total. The summed E-state index contributed by atoms with van der Waals surface area (Å²) < 4.78 is 11.1. The fourth-order valence-electron chi connectivity index (χ4n) is 3.76. The molecule has 1 atom stereocenters. The number of amides is 2. The van der Waals surface area contributed by atoms with Crippen molar-refractivity contribution < 1.29 is 18.7 Å². The van der Waals surface area contributed by atoms with Crippen LogP contribution in [0.4, 0.5) is 4.79 Å². The van der Waals surface area contributed by atoms with Gasteiger partial charge in [0.1, 0.15) is 17.4 Å². The third-order valence-corrected chi connectivity index (χ3v) is 5.26. The maximum atomic E-state index is 13.5. The topological polar surface area (TPSA) is 66.2 Å². The first kappa shape index (κ1) is 22.9. The van der Waals surface area contributed by atoms with E-state index in [1.54, 1.807) is 22.1 Å². The highest BCUT2D eigenvalue weighted by atomic mass is 16.6. The molecular weight excluding hydrogens is 394 g/mol. The summed E-state index contributed by atoms with van der Waals surface area (Å²) in [6.45, 7) is 10.3. The van der Waals surface area contributed by atoms with Crippen molar-refractivity contribution >= 4 is 12.0 Å². The van der Waals surface area contributed by atoms with Crippen LogP contribution in [-0.4, -0.2) is 65.5 Å². The summed E-state index contributed by atoms with van der Waals surface area (Å²) in [4.78, 5) is 31.3. The van der Waals surface area contributed by atoms with Crippen LogP contribution in [0.1, 0.15) is 43.7 Å². The molecule has 2 heterocycles. The third kappa shape index (κ3) is 6.10. The summed E-state index contributed by atoms with van der Waals surface area (Å²) in [5, 5.41) is 0. The van der Waals surface area contributed by atoms with E-state index in [2.05, 4.69) is 11.0 Å². The number of carbonyl (C=O) groups is 2. The number of hydrogen-bond acceptors (Lipinski definition) is 5. The van der Waals surface area contributed by atoms with Gasteiger partial charge in [-0.3, -0.25) is 9.69 Å². The highest BCUT2D eigenvalue weighted by molar-refractivity contribution is 5.82. The Balaban J connectivity index is 1.69. The molecule has 1 aliphatic heterocycles. The molecular formula is C24H33N3O4. The molecule has 31 heavy (non-hydrogen) atoms. The van der Waals surface area contributed by atoms with E-state index in [0.717, 1.165) is 5.56 Å². The molecule has 0 saturated carbocycles. The molecule has 2 aromatic rings. The zero-order chi connectivity index (χ0) is 22.6. The molecule has 1 unspecified atom stereocenters. The van der Waals surface area contributed by atoms with E-state index in [4.69, 9.17) is 9.15 Å². The maximum absolute atomic E-state index is 13.5. The molecule has 7 nitrogen and oxygen atoms in total. The Morgan fingerprint density at radius 1 is 1.13 bits per heavy atom. The van der Waals surface area contributed by atoms with Crippen LogP contribution in [-0.2, 0) is 16.1 Å². The first-order valence-corrected chi connectivity index (χ1v) is 10.7. The van der Waals surface area contributed by atoms with E-state index < -0.39 is 11.6 Å². The summed E-state index contributed by atoms with van der Waals surface area (Å²) >= 11 is 0. The molecule has 0 bridgehead atoms. The number of hydrogen-bond donors (Lipinski definition) is 0. The monoisotopic (exact) mass is 427 g/mol. The summed E-state index contributed by atoms with van der Waals surface area (Å²) in [6.07, 6.45) is 1.28. The number of benzene rings is 1. The van der Waals surface area contributed by atoms with Crippen LogP contribution >= 0.6 is 0 Å². The minimum absolute atomic E-state index is 0.0258. The van der Waals surface area contributed by atoms with Gasteiger partial charge in [0.15, 0.2) is 0 Å². The average molecular weight is 428 g/mol. The quantitative estimate of drug-likeness (QED) is 0.725. The van der Waals surface area contributed by atoms with Crippen LogP contribution in [0.15, 0.2) is 47.1 Å². The standard InChI is InChI=1S/C24H33N3O4/c1-18-8-6-9-19(16-18)17-25(5)22(28)21(20-10-7-15-30-20)26-11-13-27(14-12-26)23(29)31-24(2,3)4/h6-10,15-16,21H,11-14,17H2,1-5H3. The number of piperazine rings is 1. The summed E-state index contributed by atoms with van der Waals surface area (Å²) in [6, 6.07) is 11.3. The largest absolute Gasteiger partial charge is 0.467 e. The zero-order valence-electron chi connectivity index (χ0n) is 19.1. The highest BCUT2D eigenvalue weighted by Crippen LogP contribution is 2.26. The number of rotatable bonds is 5. The van der Waals surface area contributed by atoms with Gasteiger partial charge in [-0.1, -0.05) is 29.8 Å². The number of ether oxygens (including phenoxy) is 1. The van der Waals surface area contributed by atoms with Crippen LogP contribution in [0.25, 0.3) is 0 Å². The van der Waals surface area contributed by atoms with Crippen molar-refractivity contribution in [2.45, 2.75) is 45.9 Å². The molecule has 1 saturated heterocycles. The van der Waals surface area contributed by atoms with Crippen molar-refractivity contribution in [2.24, 2.45) is 0 Å². The first-order chi connectivity index (χ1) is 14.6. The fraction of sp³-hybridized carbons (Fsp3) is 0.500. The molecule has 168 valence electrons. The second-order valence-electron chi connectivity index (χ2n) is 9.10. The molecule has 1 aromatic carbocycles. The highest BCUT2D eigenvalue weighted by Gasteiger charge is 2.36. The predicted molar refractivity (Wildman–Crippen MR) is 118 cm³/mol. The van der Waals surface area contributed by atoms with Gasteiger partial charge in [0, 0.05) is 39.8 Å². The Bertz CT molecular complexity index is 880. The van der Waals surface area contributed by atoms with Crippen LogP contribution in [0, 0.1) is 6.92 Å². The van der Waals surface area contributed by atoms with Gasteiger partial charge < -0.3 is 19.0 Å². The molecule has 0 radical (unpaired) electrons. The molecule has 1 fully saturated rings. The fourth-order valence-corrected chi connectivity index (χ4v) is 3.76. The van der Waals surface area contributed by atoms with Gasteiger partial charge in [-0.05, 0) is 45.4 Å². The number of likely N-dealkylation sites (N-methyl/N-ethyl adjacent to an activating group) is 1. The lowest BCUT2D eigenvalue weighted by atomic mass is 10.1. The van der Waals surface area contributed by atoms with Crippen LogP contribution in [0.3, 0.4) is 0 Å². The second-order valence-corrected chi connectivity index (χ2v) is 9.10. The van der Waals surface area contributed by atoms with Gasteiger partial charge in [-0.15, -0.1) is 0 Å². The molecule has 0 spiro atoms.